The lowest BCUT2D eigenvalue weighted by atomic mass is 10.0. The zero-order chi connectivity index (χ0) is 24.0. The van der Waals surface area contributed by atoms with E-state index in [1.807, 2.05) is 26.0 Å². The summed E-state index contributed by atoms with van der Waals surface area (Å²) in [6.45, 7) is 3.98. The van der Waals surface area contributed by atoms with Gasteiger partial charge in [-0.25, -0.2) is 8.42 Å². The summed E-state index contributed by atoms with van der Waals surface area (Å²) in [7, 11) is -0.808. The molecule has 8 heteroatoms. The SMILES string of the molecule is COc1ccc(C(=O)NCC(c2cccnc2)S(=O)(=O)c2ccc(C(C)C)cc2)cc1OC. The second kappa shape index (κ2) is 10.5. The van der Waals surface area contributed by atoms with Crippen molar-refractivity contribution in [3.63, 3.8) is 0 Å². The van der Waals surface area contributed by atoms with E-state index < -0.39 is 21.0 Å². The van der Waals surface area contributed by atoms with Crippen LogP contribution in [0.25, 0.3) is 0 Å². The highest BCUT2D eigenvalue weighted by atomic mass is 32.2. The predicted molar refractivity (Wildman–Crippen MR) is 127 cm³/mol. The molecule has 0 radical (unpaired) electrons. The molecular formula is C25H28N2O5S. The third kappa shape index (κ3) is 5.51. The average Bonchev–Trinajstić information content (AvgIpc) is 2.84. The topological polar surface area (TPSA) is 94.6 Å². The van der Waals surface area contributed by atoms with Gasteiger partial charge in [0.15, 0.2) is 21.3 Å². The quantitative estimate of drug-likeness (QED) is 0.507. The molecule has 3 rings (SSSR count). The van der Waals surface area contributed by atoms with Gasteiger partial charge in [0, 0.05) is 24.5 Å². The fraction of sp³-hybridized carbons (Fsp3) is 0.280. The Kier molecular flexibility index (Phi) is 7.71. The van der Waals surface area contributed by atoms with Gasteiger partial charge in [0.2, 0.25) is 0 Å². The van der Waals surface area contributed by atoms with Crippen LogP contribution in [0.15, 0.2) is 71.9 Å². The van der Waals surface area contributed by atoms with Crippen molar-refractivity contribution < 1.29 is 22.7 Å². The van der Waals surface area contributed by atoms with Crippen molar-refractivity contribution in [3.05, 3.63) is 83.7 Å². The molecule has 174 valence electrons. The zero-order valence-corrected chi connectivity index (χ0v) is 19.9. The summed E-state index contributed by atoms with van der Waals surface area (Å²) in [6.07, 6.45) is 3.08. The lowest BCUT2D eigenvalue weighted by Crippen LogP contribution is -2.32. The molecule has 7 nitrogen and oxygen atoms in total. The van der Waals surface area contributed by atoms with Crippen LogP contribution in [-0.2, 0) is 9.84 Å². The summed E-state index contributed by atoms with van der Waals surface area (Å²) in [5.41, 5.74) is 1.88. The Bertz CT molecular complexity index is 1190. The predicted octanol–water partition coefficient (Wildman–Crippen LogP) is 4.17. The van der Waals surface area contributed by atoms with Crippen LogP contribution in [0.1, 0.15) is 46.5 Å². The molecule has 1 unspecified atom stereocenters. The van der Waals surface area contributed by atoms with Crippen molar-refractivity contribution in [1.82, 2.24) is 10.3 Å². The normalized spacial score (nSPS) is 12.3. The standard InChI is InChI=1S/C25H28N2O5S/c1-17(2)18-7-10-21(11-8-18)33(29,30)24(20-6-5-13-26-15-20)16-27-25(28)19-9-12-22(31-3)23(14-19)32-4/h5-15,17,24H,16H2,1-4H3,(H,27,28). The van der Waals surface area contributed by atoms with E-state index in [9.17, 15) is 13.2 Å². The van der Waals surface area contributed by atoms with Gasteiger partial charge in [-0.15, -0.1) is 0 Å². The molecule has 0 aliphatic rings. The molecular weight excluding hydrogens is 440 g/mol. The van der Waals surface area contributed by atoms with Crippen LogP contribution in [0.2, 0.25) is 0 Å². The molecule has 0 aliphatic carbocycles. The highest BCUT2D eigenvalue weighted by molar-refractivity contribution is 7.91. The van der Waals surface area contributed by atoms with Gasteiger partial charge in [-0.05, 0) is 53.4 Å². The van der Waals surface area contributed by atoms with Crippen molar-refractivity contribution >= 4 is 15.7 Å². The third-order valence-electron chi connectivity index (χ3n) is 5.40. The maximum atomic E-state index is 13.5. The number of methoxy groups -OCH3 is 2. The first-order valence-corrected chi connectivity index (χ1v) is 12.1. The Morgan fingerprint density at radius 2 is 1.67 bits per heavy atom. The lowest BCUT2D eigenvalue weighted by Gasteiger charge is -2.19. The van der Waals surface area contributed by atoms with Gasteiger partial charge in [-0.2, -0.15) is 0 Å². The number of pyridine rings is 1. The van der Waals surface area contributed by atoms with Crippen molar-refractivity contribution in [2.24, 2.45) is 0 Å². The molecule has 3 aromatic rings. The first kappa shape index (κ1) is 24.3. The highest BCUT2D eigenvalue weighted by Crippen LogP contribution is 2.30. The molecule has 2 aromatic carbocycles. The maximum absolute atomic E-state index is 13.5. The summed E-state index contributed by atoms with van der Waals surface area (Å²) in [6, 6.07) is 15.0. The Morgan fingerprint density at radius 3 is 2.24 bits per heavy atom. The van der Waals surface area contributed by atoms with Crippen LogP contribution in [0.5, 0.6) is 11.5 Å². The Morgan fingerprint density at radius 1 is 0.970 bits per heavy atom. The molecule has 1 aromatic heterocycles. The number of amides is 1. The van der Waals surface area contributed by atoms with Crippen molar-refractivity contribution in [3.8, 4) is 11.5 Å². The number of carbonyl (C=O) groups is 1. The lowest BCUT2D eigenvalue weighted by molar-refractivity contribution is 0.0953. The van der Waals surface area contributed by atoms with E-state index in [1.54, 1.807) is 48.7 Å². The van der Waals surface area contributed by atoms with E-state index in [-0.39, 0.29) is 17.4 Å². The first-order chi connectivity index (χ1) is 15.8. The average molecular weight is 469 g/mol. The Labute approximate surface area is 194 Å². The van der Waals surface area contributed by atoms with E-state index >= 15 is 0 Å². The van der Waals surface area contributed by atoms with Gasteiger partial charge in [-0.1, -0.05) is 32.0 Å². The second-order valence-corrected chi connectivity index (χ2v) is 9.95. The first-order valence-electron chi connectivity index (χ1n) is 10.5. The van der Waals surface area contributed by atoms with Crippen LogP contribution < -0.4 is 14.8 Å². The van der Waals surface area contributed by atoms with E-state index in [1.165, 1.54) is 20.4 Å². The summed E-state index contributed by atoms with van der Waals surface area (Å²) < 4.78 is 37.5. The van der Waals surface area contributed by atoms with Gasteiger partial charge in [0.05, 0.1) is 19.1 Å². The molecule has 0 saturated heterocycles. The van der Waals surface area contributed by atoms with Crippen molar-refractivity contribution in [2.75, 3.05) is 20.8 Å². The molecule has 0 bridgehead atoms. The van der Waals surface area contributed by atoms with Crippen molar-refractivity contribution in [2.45, 2.75) is 29.9 Å². The molecule has 1 amide bonds. The molecule has 0 spiro atoms. The fourth-order valence-corrected chi connectivity index (χ4v) is 5.09. The van der Waals surface area contributed by atoms with Crippen LogP contribution >= 0.6 is 0 Å². The van der Waals surface area contributed by atoms with E-state index in [4.69, 9.17) is 9.47 Å². The Hall–Kier alpha value is -3.39. The summed E-state index contributed by atoms with van der Waals surface area (Å²) in [5, 5.41) is 1.75. The van der Waals surface area contributed by atoms with Gasteiger partial charge >= 0.3 is 0 Å². The van der Waals surface area contributed by atoms with Gasteiger partial charge in [0.25, 0.3) is 5.91 Å². The van der Waals surface area contributed by atoms with Crippen molar-refractivity contribution in [1.29, 1.82) is 0 Å². The molecule has 0 fully saturated rings. The minimum Gasteiger partial charge on any atom is -0.493 e. The number of carbonyl (C=O) groups excluding carboxylic acids is 1. The molecule has 1 N–H and O–H groups in total. The monoisotopic (exact) mass is 468 g/mol. The van der Waals surface area contributed by atoms with E-state index in [0.717, 1.165) is 5.56 Å². The van der Waals surface area contributed by atoms with Crippen LogP contribution in [-0.4, -0.2) is 40.1 Å². The van der Waals surface area contributed by atoms with Gasteiger partial charge in [0.1, 0.15) is 5.25 Å². The number of nitrogens with zero attached hydrogens (tertiary/aromatic N) is 1. The largest absolute Gasteiger partial charge is 0.493 e. The smallest absolute Gasteiger partial charge is 0.251 e. The molecule has 1 heterocycles. The van der Waals surface area contributed by atoms with Gasteiger partial charge in [-0.3, -0.25) is 9.78 Å². The highest BCUT2D eigenvalue weighted by Gasteiger charge is 2.30. The van der Waals surface area contributed by atoms with E-state index in [2.05, 4.69) is 10.3 Å². The van der Waals surface area contributed by atoms with Crippen LogP contribution in [0, 0.1) is 0 Å². The minimum absolute atomic E-state index is 0.118. The number of ether oxygens (including phenoxy) is 2. The molecule has 0 saturated carbocycles. The van der Waals surface area contributed by atoms with E-state index in [0.29, 0.717) is 22.6 Å². The van der Waals surface area contributed by atoms with Crippen LogP contribution in [0.4, 0.5) is 0 Å². The number of hydrogen-bond acceptors (Lipinski definition) is 6. The number of benzene rings is 2. The minimum atomic E-state index is -3.80. The summed E-state index contributed by atoms with van der Waals surface area (Å²) in [5.74, 6) is 0.772. The number of sulfone groups is 1. The van der Waals surface area contributed by atoms with Crippen LogP contribution in [0.3, 0.4) is 0 Å². The summed E-state index contributed by atoms with van der Waals surface area (Å²) >= 11 is 0. The number of rotatable bonds is 9. The second-order valence-electron chi connectivity index (χ2n) is 7.82. The third-order valence-corrected chi connectivity index (χ3v) is 7.52. The van der Waals surface area contributed by atoms with Gasteiger partial charge < -0.3 is 14.8 Å². The fourth-order valence-electron chi connectivity index (χ4n) is 3.44. The molecule has 0 aliphatic heterocycles. The molecule has 1 atom stereocenters. The Balaban J connectivity index is 1.88. The maximum Gasteiger partial charge on any atom is 0.251 e. The number of aromatic nitrogens is 1. The zero-order valence-electron chi connectivity index (χ0n) is 19.1. The number of nitrogens with one attached hydrogen (secondary N) is 1. The molecule has 33 heavy (non-hydrogen) atoms. The number of hydrogen-bond donors (Lipinski definition) is 1. The summed E-state index contributed by atoms with van der Waals surface area (Å²) in [4.78, 5) is 17.1.